The molecule has 0 bridgehead atoms. The number of rotatable bonds is 8. The summed E-state index contributed by atoms with van der Waals surface area (Å²) in [6.45, 7) is 2.75. The van der Waals surface area contributed by atoms with Gasteiger partial charge >= 0.3 is 0 Å². The summed E-state index contributed by atoms with van der Waals surface area (Å²) in [5, 5.41) is 3.03. The number of anilines is 1. The number of aryl methyl sites for hydroxylation is 1. The van der Waals surface area contributed by atoms with Crippen LogP contribution in [-0.2, 0) is 11.2 Å². The van der Waals surface area contributed by atoms with Crippen molar-refractivity contribution >= 4 is 22.6 Å². The molecule has 5 nitrogen and oxygen atoms in total. The van der Waals surface area contributed by atoms with Gasteiger partial charge in [0.25, 0.3) is 0 Å². The Kier molecular flexibility index (Phi) is 5.89. The summed E-state index contributed by atoms with van der Waals surface area (Å²) >= 11 is 0. The number of carbonyl (C=O) groups is 1. The van der Waals surface area contributed by atoms with Crippen LogP contribution in [0.5, 0.6) is 0 Å². The van der Waals surface area contributed by atoms with Gasteiger partial charge in [0.15, 0.2) is 0 Å². The number of hydrogen-bond acceptors (Lipinski definition) is 3. The van der Waals surface area contributed by atoms with E-state index in [-0.39, 0.29) is 11.9 Å². The van der Waals surface area contributed by atoms with Crippen molar-refractivity contribution in [3.05, 3.63) is 60.4 Å². The molecule has 1 aromatic heterocycles. The Balaban J connectivity index is 1.40. The lowest BCUT2D eigenvalue weighted by molar-refractivity contribution is -0.121. The Labute approximate surface area is 154 Å². The zero-order valence-corrected chi connectivity index (χ0v) is 15.4. The number of para-hydroxylation sites is 3. The van der Waals surface area contributed by atoms with Gasteiger partial charge in [-0.1, -0.05) is 30.3 Å². The maximum Gasteiger partial charge on any atom is 0.220 e. The van der Waals surface area contributed by atoms with E-state index in [0.29, 0.717) is 13.0 Å². The summed E-state index contributed by atoms with van der Waals surface area (Å²) in [5.41, 5.74) is 3.17. The molecular formula is C21H26N4O. The second-order valence-corrected chi connectivity index (χ2v) is 6.65. The van der Waals surface area contributed by atoms with Crippen molar-refractivity contribution in [2.75, 3.05) is 18.5 Å². The molecule has 3 aromatic rings. The normalized spacial score (nSPS) is 12.1. The lowest BCUT2D eigenvalue weighted by atomic mass is 10.2. The highest BCUT2D eigenvalue weighted by Crippen LogP contribution is 2.14. The lowest BCUT2D eigenvalue weighted by Crippen LogP contribution is -2.40. The monoisotopic (exact) mass is 350 g/mol. The summed E-state index contributed by atoms with van der Waals surface area (Å²) in [6, 6.07) is 18.4. The number of benzene rings is 2. The first-order valence-corrected chi connectivity index (χ1v) is 9.11. The van der Waals surface area contributed by atoms with Crippen molar-refractivity contribution in [1.82, 2.24) is 15.3 Å². The van der Waals surface area contributed by atoms with E-state index >= 15 is 0 Å². The third-order valence-electron chi connectivity index (χ3n) is 4.68. The molecule has 0 radical (unpaired) electrons. The third kappa shape index (κ3) is 4.63. The van der Waals surface area contributed by atoms with E-state index in [1.165, 1.54) is 0 Å². The molecule has 1 atom stereocenters. The van der Waals surface area contributed by atoms with E-state index in [0.717, 1.165) is 35.4 Å². The Morgan fingerprint density at radius 1 is 1.15 bits per heavy atom. The van der Waals surface area contributed by atoms with E-state index in [9.17, 15) is 4.79 Å². The molecule has 136 valence electrons. The van der Waals surface area contributed by atoms with Gasteiger partial charge < -0.3 is 15.2 Å². The zero-order chi connectivity index (χ0) is 18.4. The van der Waals surface area contributed by atoms with Crippen molar-refractivity contribution in [3.63, 3.8) is 0 Å². The third-order valence-corrected chi connectivity index (χ3v) is 4.68. The molecule has 2 N–H and O–H groups in total. The standard InChI is InChI=1S/C21H26N4O/c1-16(25(2)17-9-4-3-5-10-17)15-22-21(26)14-8-13-20-23-18-11-6-7-12-19(18)24-20/h3-7,9-12,16H,8,13-15H2,1-2H3,(H,22,26)(H,23,24)/t16-/m0/s1. The number of nitrogens with zero attached hydrogens (tertiary/aromatic N) is 2. The number of H-pyrrole nitrogens is 1. The summed E-state index contributed by atoms with van der Waals surface area (Å²) in [5.74, 6) is 1.03. The molecule has 5 heteroatoms. The van der Waals surface area contributed by atoms with Crippen LogP contribution >= 0.6 is 0 Å². The van der Waals surface area contributed by atoms with Crippen LogP contribution in [0, 0.1) is 0 Å². The van der Waals surface area contributed by atoms with Crippen molar-refractivity contribution in [1.29, 1.82) is 0 Å². The van der Waals surface area contributed by atoms with E-state index in [2.05, 4.69) is 39.2 Å². The SMILES string of the molecule is C[C@@H](CNC(=O)CCCc1nc2ccccc2[nH]1)N(C)c1ccccc1. The van der Waals surface area contributed by atoms with Crippen LogP contribution < -0.4 is 10.2 Å². The van der Waals surface area contributed by atoms with Crippen molar-refractivity contribution in [3.8, 4) is 0 Å². The van der Waals surface area contributed by atoms with Crippen LogP contribution in [0.2, 0.25) is 0 Å². The molecule has 0 aliphatic rings. The van der Waals surface area contributed by atoms with E-state index in [4.69, 9.17) is 0 Å². The summed E-state index contributed by atoms with van der Waals surface area (Å²) in [6.07, 6.45) is 2.08. The molecule has 26 heavy (non-hydrogen) atoms. The molecule has 2 aromatic carbocycles. The van der Waals surface area contributed by atoms with Gasteiger partial charge in [-0.3, -0.25) is 4.79 Å². The molecule has 0 saturated carbocycles. The van der Waals surface area contributed by atoms with Crippen LogP contribution in [0.25, 0.3) is 11.0 Å². The number of aromatic amines is 1. The number of hydrogen-bond donors (Lipinski definition) is 2. The van der Waals surface area contributed by atoms with Crippen molar-refractivity contribution in [2.45, 2.75) is 32.2 Å². The smallest absolute Gasteiger partial charge is 0.220 e. The maximum absolute atomic E-state index is 12.1. The van der Waals surface area contributed by atoms with E-state index < -0.39 is 0 Å². The van der Waals surface area contributed by atoms with Crippen molar-refractivity contribution in [2.24, 2.45) is 0 Å². The number of carbonyl (C=O) groups excluding carboxylic acids is 1. The molecule has 0 spiro atoms. The number of nitrogens with one attached hydrogen (secondary N) is 2. The van der Waals surface area contributed by atoms with E-state index in [1.807, 2.05) is 49.5 Å². The van der Waals surface area contributed by atoms with Crippen LogP contribution in [0.4, 0.5) is 5.69 Å². The molecule has 0 unspecified atom stereocenters. The average Bonchev–Trinajstić information content (AvgIpc) is 3.09. The highest BCUT2D eigenvalue weighted by atomic mass is 16.1. The molecule has 0 aliphatic heterocycles. The summed E-state index contributed by atoms with van der Waals surface area (Å²) in [4.78, 5) is 22.1. The number of aromatic nitrogens is 2. The minimum absolute atomic E-state index is 0.0921. The Hall–Kier alpha value is -2.82. The van der Waals surface area contributed by atoms with Crippen molar-refractivity contribution < 1.29 is 4.79 Å². The fourth-order valence-corrected chi connectivity index (χ4v) is 2.94. The van der Waals surface area contributed by atoms with Crippen LogP contribution in [0.1, 0.15) is 25.6 Å². The largest absolute Gasteiger partial charge is 0.370 e. The highest BCUT2D eigenvalue weighted by molar-refractivity contribution is 5.76. The summed E-state index contributed by atoms with van der Waals surface area (Å²) < 4.78 is 0. The van der Waals surface area contributed by atoms with Gasteiger partial charge in [0, 0.05) is 38.2 Å². The molecule has 1 heterocycles. The molecule has 0 saturated heterocycles. The topological polar surface area (TPSA) is 61.0 Å². The summed E-state index contributed by atoms with van der Waals surface area (Å²) in [7, 11) is 2.05. The molecule has 1 amide bonds. The van der Waals surface area contributed by atoms with Crippen LogP contribution in [-0.4, -0.2) is 35.5 Å². The van der Waals surface area contributed by atoms with Crippen LogP contribution in [0.3, 0.4) is 0 Å². The van der Waals surface area contributed by atoms with Gasteiger partial charge in [0.2, 0.25) is 5.91 Å². The Morgan fingerprint density at radius 3 is 2.65 bits per heavy atom. The van der Waals surface area contributed by atoms with Gasteiger partial charge in [-0.05, 0) is 37.6 Å². The number of amides is 1. The molecule has 3 rings (SSSR count). The fraction of sp³-hybridized carbons (Fsp3) is 0.333. The minimum atomic E-state index is 0.0921. The quantitative estimate of drug-likeness (QED) is 0.653. The highest BCUT2D eigenvalue weighted by Gasteiger charge is 2.11. The first-order chi connectivity index (χ1) is 12.6. The first kappa shape index (κ1) is 18.0. The predicted octanol–water partition coefficient (Wildman–Crippen LogP) is 3.53. The van der Waals surface area contributed by atoms with Crippen LogP contribution in [0.15, 0.2) is 54.6 Å². The number of imidazole rings is 1. The van der Waals surface area contributed by atoms with Gasteiger partial charge in [0.05, 0.1) is 11.0 Å². The van der Waals surface area contributed by atoms with E-state index in [1.54, 1.807) is 0 Å². The second kappa shape index (κ2) is 8.52. The fourth-order valence-electron chi connectivity index (χ4n) is 2.94. The average molecular weight is 350 g/mol. The zero-order valence-electron chi connectivity index (χ0n) is 15.4. The molecule has 0 fully saturated rings. The number of fused-ring (bicyclic) bond motifs is 1. The van der Waals surface area contributed by atoms with Gasteiger partial charge in [-0.2, -0.15) is 0 Å². The maximum atomic E-state index is 12.1. The van der Waals surface area contributed by atoms with Gasteiger partial charge in [-0.25, -0.2) is 4.98 Å². The first-order valence-electron chi connectivity index (χ1n) is 9.11. The molecule has 0 aliphatic carbocycles. The van der Waals surface area contributed by atoms with Gasteiger partial charge in [0.1, 0.15) is 5.82 Å². The van der Waals surface area contributed by atoms with Gasteiger partial charge in [-0.15, -0.1) is 0 Å². The second-order valence-electron chi connectivity index (χ2n) is 6.65. The minimum Gasteiger partial charge on any atom is -0.370 e. The Morgan fingerprint density at radius 2 is 1.88 bits per heavy atom. The predicted molar refractivity (Wildman–Crippen MR) is 106 cm³/mol. The molecular weight excluding hydrogens is 324 g/mol. The Bertz CT molecular complexity index is 810. The lowest BCUT2D eigenvalue weighted by Gasteiger charge is -2.27. The number of likely N-dealkylation sites (N-methyl/N-ethyl adjacent to an activating group) is 1.